The van der Waals surface area contributed by atoms with E-state index in [9.17, 15) is 0 Å². The molecule has 4 heteroatoms. The zero-order chi connectivity index (χ0) is 8.81. The van der Waals surface area contributed by atoms with Crippen LogP contribution in [0.25, 0.3) is 0 Å². The Labute approximate surface area is 75.9 Å². The van der Waals surface area contributed by atoms with Crippen molar-refractivity contribution < 1.29 is 9.52 Å². The zero-order valence-electron chi connectivity index (χ0n) is 6.77. The van der Waals surface area contributed by atoms with Crippen LogP contribution in [-0.4, -0.2) is 23.5 Å². The van der Waals surface area contributed by atoms with E-state index in [1.807, 2.05) is 12.1 Å². The molecule has 0 aliphatic carbocycles. The molecule has 0 spiro atoms. The second-order valence-electron chi connectivity index (χ2n) is 2.48. The van der Waals surface area contributed by atoms with E-state index in [2.05, 4.69) is 0 Å². The fourth-order valence-corrected chi connectivity index (χ4v) is 1.65. The molecular formula is C8H13NO2S. The molecular weight excluding hydrogens is 174 g/mol. The summed E-state index contributed by atoms with van der Waals surface area (Å²) in [5.41, 5.74) is 5.24. The second-order valence-corrected chi connectivity index (χ2v) is 3.51. The first-order chi connectivity index (χ1) is 5.83. The fraction of sp³-hybridized carbons (Fsp3) is 0.500. The third-order valence-corrected chi connectivity index (χ3v) is 2.52. The maximum absolute atomic E-state index is 9.11. The summed E-state index contributed by atoms with van der Waals surface area (Å²) in [5, 5.41) is 9.11. The molecule has 3 nitrogen and oxygen atoms in total. The molecule has 0 fully saturated rings. The average Bonchev–Trinajstić information content (AvgIpc) is 2.57. The van der Waals surface area contributed by atoms with Crippen molar-refractivity contribution in [2.75, 3.05) is 12.3 Å². The minimum absolute atomic E-state index is 0.325. The van der Waals surface area contributed by atoms with Gasteiger partial charge in [-0.15, -0.1) is 0 Å². The first-order valence-electron chi connectivity index (χ1n) is 3.81. The number of aliphatic hydroxyl groups excluding tert-OH is 1. The maximum atomic E-state index is 9.11. The van der Waals surface area contributed by atoms with Crippen LogP contribution in [-0.2, 0) is 5.75 Å². The Bertz CT molecular complexity index is 201. The van der Waals surface area contributed by atoms with Crippen LogP contribution in [0.5, 0.6) is 0 Å². The molecule has 1 heterocycles. The molecule has 0 saturated carbocycles. The number of thioether (sulfide) groups is 1. The lowest BCUT2D eigenvalue weighted by molar-refractivity contribution is 0.208. The van der Waals surface area contributed by atoms with E-state index >= 15 is 0 Å². The topological polar surface area (TPSA) is 59.4 Å². The SMILES string of the molecule is NCC(O)CSCc1ccco1. The van der Waals surface area contributed by atoms with Gasteiger partial charge in [0.1, 0.15) is 5.76 Å². The highest BCUT2D eigenvalue weighted by Crippen LogP contribution is 2.12. The Balaban J connectivity index is 2.11. The molecule has 68 valence electrons. The van der Waals surface area contributed by atoms with Crippen LogP contribution in [0, 0.1) is 0 Å². The van der Waals surface area contributed by atoms with Crippen molar-refractivity contribution in [2.45, 2.75) is 11.9 Å². The van der Waals surface area contributed by atoms with Crippen LogP contribution in [0.1, 0.15) is 5.76 Å². The first-order valence-corrected chi connectivity index (χ1v) is 4.96. The number of hydrogen-bond donors (Lipinski definition) is 2. The largest absolute Gasteiger partial charge is 0.468 e. The Kier molecular flexibility index (Phi) is 4.21. The number of rotatable bonds is 5. The Morgan fingerprint density at radius 3 is 3.08 bits per heavy atom. The minimum atomic E-state index is -0.398. The zero-order valence-corrected chi connectivity index (χ0v) is 7.59. The molecule has 1 aromatic heterocycles. The highest BCUT2D eigenvalue weighted by molar-refractivity contribution is 7.98. The molecule has 12 heavy (non-hydrogen) atoms. The Morgan fingerprint density at radius 1 is 1.67 bits per heavy atom. The maximum Gasteiger partial charge on any atom is 0.113 e. The molecule has 0 amide bonds. The molecule has 0 bridgehead atoms. The number of furan rings is 1. The summed E-state index contributed by atoms with van der Waals surface area (Å²) < 4.78 is 5.12. The number of hydrogen-bond acceptors (Lipinski definition) is 4. The standard InChI is InChI=1S/C8H13NO2S/c9-4-7(10)5-12-6-8-2-1-3-11-8/h1-3,7,10H,4-6,9H2. The smallest absolute Gasteiger partial charge is 0.113 e. The lowest BCUT2D eigenvalue weighted by Gasteiger charge is -2.04. The molecule has 1 rings (SSSR count). The van der Waals surface area contributed by atoms with Crippen LogP contribution in [0.3, 0.4) is 0 Å². The van der Waals surface area contributed by atoms with Gasteiger partial charge in [0.2, 0.25) is 0 Å². The van der Waals surface area contributed by atoms with Gasteiger partial charge in [0.15, 0.2) is 0 Å². The van der Waals surface area contributed by atoms with Crippen molar-refractivity contribution in [2.24, 2.45) is 5.73 Å². The molecule has 0 saturated heterocycles. The first kappa shape index (κ1) is 9.64. The van der Waals surface area contributed by atoms with Gasteiger partial charge in [-0.05, 0) is 12.1 Å². The highest BCUT2D eigenvalue weighted by atomic mass is 32.2. The monoisotopic (exact) mass is 187 g/mol. The van der Waals surface area contributed by atoms with Crippen molar-refractivity contribution in [3.05, 3.63) is 24.2 Å². The van der Waals surface area contributed by atoms with Gasteiger partial charge in [-0.2, -0.15) is 11.8 Å². The number of aliphatic hydroxyl groups is 1. The van der Waals surface area contributed by atoms with Gasteiger partial charge < -0.3 is 15.3 Å². The quantitative estimate of drug-likeness (QED) is 0.717. The Hall–Kier alpha value is -0.450. The van der Waals surface area contributed by atoms with Gasteiger partial charge in [0, 0.05) is 12.3 Å². The van der Waals surface area contributed by atoms with Gasteiger partial charge in [0.05, 0.1) is 18.1 Å². The van der Waals surface area contributed by atoms with Gasteiger partial charge in [-0.1, -0.05) is 0 Å². The Morgan fingerprint density at radius 2 is 2.50 bits per heavy atom. The summed E-state index contributed by atoms with van der Waals surface area (Å²) in [6.07, 6.45) is 1.25. The highest BCUT2D eigenvalue weighted by Gasteiger charge is 2.01. The molecule has 1 unspecified atom stereocenters. The van der Waals surface area contributed by atoms with Gasteiger partial charge >= 0.3 is 0 Å². The van der Waals surface area contributed by atoms with Crippen molar-refractivity contribution in [1.29, 1.82) is 0 Å². The molecule has 3 N–H and O–H groups in total. The normalized spacial score (nSPS) is 13.2. The van der Waals surface area contributed by atoms with E-state index in [1.54, 1.807) is 18.0 Å². The van der Waals surface area contributed by atoms with Crippen molar-refractivity contribution in [1.82, 2.24) is 0 Å². The summed E-state index contributed by atoms with van der Waals surface area (Å²) in [6.45, 7) is 0.325. The summed E-state index contributed by atoms with van der Waals surface area (Å²) >= 11 is 1.62. The van der Waals surface area contributed by atoms with Crippen molar-refractivity contribution in [3.8, 4) is 0 Å². The summed E-state index contributed by atoms with van der Waals surface area (Å²) in [7, 11) is 0. The van der Waals surface area contributed by atoms with Crippen LogP contribution in [0.15, 0.2) is 22.8 Å². The average molecular weight is 187 g/mol. The molecule has 0 radical (unpaired) electrons. The predicted octanol–water partition coefficient (Wildman–Crippen LogP) is 0.832. The van der Waals surface area contributed by atoms with E-state index in [1.165, 1.54) is 0 Å². The third-order valence-electron chi connectivity index (χ3n) is 1.41. The van der Waals surface area contributed by atoms with Gasteiger partial charge in [-0.25, -0.2) is 0 Å². The minimum Gasteiger partial charge on any atom is -0.468 e. The van der Waals surface area contributed by atoms with Crippen LogP contribution < -0.4 is 5.73 Å². The molecule has 1 atom stereocenters. The van der Waals surface area contributed by atoms with Crippen molar-refractivity contribution in [3.63, 3.8) is 0 Å². The van der Waals surface area contributed by atoms with E-state index in [-0.39, 0.29) is 0 Å². The second kappa shape index (κ2) is 5.24. The van der Waals surface area contributed by atoms with E-state index < -0.39 is 6.10 Å². The third kappa shape index (κ3) is 3.30. The molecule has 0 aliphatic heterocycles. The van der Waals surface area contributed by atoms with Gasteiger partial charge in [0.25, 0.3) is 0 Å². The van der Waals surface area contributed by atoms with Crippen molar-refractivity contribution >= 4 is 11.8 Å². The number of nitrogens with two attached hydrogens (primary N) is 1. The predicted molar refractivity (Wildman–Crippen MR) is 49.9 cm³/mol. The van der Waals surface area contributed by atoms with Crippen LogP contribution in [0.2, 0.25) is 0 Å². The molecule has 1 aromatic rings. The van der Waals surface area contributed by atoms with E-state index in [0.717, 1.165) is 11.5 Å². The van der Waals surface area contributed by atoms with E-state index in [4.69, 9.17) is 15.3 Å². The van der Waals surface area contributed by atoms with Crippen LogP contribution in [0.4, 0.5) is 0 Å². The molecule has 0 aromatic carbocycles. The van der Waals surface area contributed by atoms with Crippen LogP contribution >= 0.6 is 11.8 Å². The lowest BCUT2D eigenvalue weighted by Crippen LogP contribution is -2.21. The van der Waals surface area contributed by atoms with Gasteiger partial charge in [-0.3, -0.25) is 0 Å². The summed E-state index contributed by atoms with van der Waals surface area (Å²) in [5.74, 6) is 2.39. The summed E-state index contributed by atoms with van der Waals surface area (Å²) in [6, 6.07) is 3.77. The fourth-order valence-electron chi connectivity index (χ4n) is 0.758. The van der Waals surface area contributed by atoms with E-state index in [0.29, 0.717) is 12.3 Å². The summed E-state index contributed by atoms with van der Waals surface area (Å²) in [4.78, 5) is 0. The lowest BCUT2D eigenvalue weighted by atomic mass is 10.4. The molecule has 0 aliphatic rings.